The van der Waals surface area contributed by atoms with E-state index in [-0.39, 0.29) is 5.41 Å². The van der Waals surface area contributed by atoms with E-state index in [2.05, 4.69) is 63.5 Å². The summed E-state index contributed by atoms with van der Waals surface area (Å²) in [7, 11) is 0. The summed E-state index contributed by atoms with van der Waals surface area (Å²) in [6, 6.07) is 6.37. The highest BCUT2D eigenvalue weighted by Gasteiger charge is 2.17. The van der Waals surface area contributed by atoms with E-state index < -0.39 is 0 Å². The van der Waals surface area contributed by atoms with Crippen molar-refractivity contribution in [2.75, 3.05) is 5.32 Å². The quantitative estimate of drug-likeness (QED) is 0.879. The Morgan fingerprint density at radius 2 is 1.79 bits per heavy atom. The molecule has 2 rings (SSSR count). The number of aryl methyl sites for hydroxylation is 2. The molecule has 0 bridgehead atoms. The van der Waals surface area contributed by atoms with Gasteiger partial charge in [0.15, 0.2) is 0 Å². The van der Waals surface area contributed by atoms with Gasteiger partial charge in [-0.1, -0.05) is 39.0 Å². The van der Waals surface area contributed by atoms with Gasteiger partial charge >= 0.3 is 0 Å². The molecule has 102 valence electrons. The van der Waals surface area contributed by atoms with Crippen LogP contribution in [0.3, 0.4) is 0 Å². The van der Waals surface area contributed by atoms with Crippen molar-refractivity contribution in [3.63, 3.8) is 0 Å². The number of thiazole rings is 1. The maximum atomic E-state index is 4.71. The summed E-state index contributed by atoms with van der Waals surface area (Å²) in [6.07, 6.45) is 0. The smallest absolute Gasteiger partial charge is 0.112 e. The van der Waals surface area contributed by atoms with Gasteiger partial charge in [-0.3, -0.25) is 0 Å². The highest BCUT2D eigenvalue weighted by atomic mass is 32.1. The van der Waals surface area contributed by atoms with E-state index in [9.17, 15) is 0 Å². The molecule has 19 heavy (non-hydrogen) atoms. The van der Waals surface area contributed by atoms with Crippen LogP contribution in [0.4, 0.5) is 5.69 Å². The summed E-state index contributed by atoms with van der Waals surface area (Å²) < 4.78 is 0. The lowest BCUT2D eigenvalue weighted by molar-refractivity contribution is 0.571. The molecule has 0 saturated carbocycles. The average Bonchev–Trinajstić information content (AvgIpc) is 2.77. The lowest BCUT2D eigenvalue weighted by atomic mass is 9.93. The Morgan fingerprint density at radius 1 is 1.16 bits per heavy atom. The zero-order valence-corrected chi connectivity index (χ0v) is 13.2. The summed E-state index contributed by atoms with van der Waals surface area (Å²) in [5.41, 5.74) is 5.11. The van der Waals surface area contributed by atoms with E-state index in [0.29, 0.717) is 0 Å². The molecule has 0 unspecified atom stereocenters. The van der Waals surface area contributed by atoms with E-state index >= 15 is 0 Å². The normalized spacial score (nSPS) is 11.6. The average molecular weight is 274 g/mol. The number of hydrogen-bond acceptors (Lipinski definition) is 3. The van der Waals surface area contributed by atoms with Gasteiger partial charge in [0, 0.05) is 16.5 Å². The summed E-state index contributed by atoms with van der Waals surface area (Å²) in [5.74, 6) is 0. The zero-order chi connectivity index (χ0) is 14.0. The maximum Gasteiger partial charge on any atom is 0.112 e. The topological polar surface area (TPSA) is 24.9 Å². The molecule has 0 aliphatic rings. The number of nitrogens with zero attached hydrogens (tertiary/aromatic N) is 1. The van der Waals surface area contributed by atoms with Gasteiger partial charge in [-0.15, -0.1) is 11.3 Å². The minimum Gasteiger partial charge on any atom is -0.378 e. The second-order valence-electron chi connectivity index (χ2n) is 6.00. The monoisotopic (exact) mass is 274 g/mol. The van der Waals surface area contributed by atoms with Crippen LogP contribution >= 0.6 is 11.3 Å². The van der Waals surface area contributed by atoms with E-state index in [4.69, 9.17) is 4.98 Å². The van der Waals surface area contributed by atoms with Crippen LogP contribution in [0.1, 0.15) is 42.6 Å². The van der Waals surface area contributed by atoms with Crippen LogP contribution in [0.25, 0.3) is 0 Å². The molecular formula is C16H22N2S. The Morgan fingerprint density at radius 3 is 2.32 bits per heavy atom. The van der Waals surface area contributed by atoms with Gasteiger partial charge in [0.2, 0.25) is 0 Å². The number of anilines is 1. The molecule has 1 aromatic heterocycles. The van der Waals surface area contributed by atoms with Gasteiger partial charge in [-0.25, -0.2) is 4.98 Å². The van der Waals surface area contributed by atoms with Crippen LogP contribution < -0.4 is 5.32 Å². The Bertz CT molecular complexity index is 544. The van der Waals surface area contributed by atoms with E-state index in [1.807, 2.05) is 0 Å². The van der Waals surface area contributed by atoms with E-state index in [1.54, 1.807) is 11.3 Å². The predicted octanol–water partition coefficient (Wildman–Crippen LogP) is 4.67. The number of hydrogen-bond donors (Lipinski definition) is 1. The molecule has 0 spiro atoms. The first-order valence-electron chi connectivity index (χ1n) is 6.63. The van der Waals surface area contributed by atoms with E-state index in [0.717, 1.165) is 11.6 Å². The summed E-state index contributed by atoms with van der Waals surface area (Å²) >= 11 is 1.73. The molecule has 0 fully saturated rings. The lowest BCUT2D eigenvalue weighted by Crippen LogP contribution is -2.12. The third kappa shape index (κ3) is 3.35. The number of nitrogens with one attached hydrogen (secondary N) is 1. The van der Waals surface area contributed by atoms with Crippen molar-refractivity contribution < 1.29 is 0 Å². The molecule has 2 nitrogen and oxygen atoms in total. The third-order valence-electron chi connectivity index (χ3n) is 3.22. The molecule has 0 amide bonds. The van der Waals surface area contributed by atoms with Crippen molar-refractivity contribution >= 4 is 17.0 Å². The van der Waals surface area contributed by atoms with Gasteiger partial charge < -0.3 is 5.32 Å². The third-order valence-corrected chi connectivity index (χ3v) is 4.07. The van der Waals surface area contributed by atoms with Gasteiger partial charge in [-0.2, -0.15) is 0 Å². The van der Waals surface area contributed by atoms with Crippen LogP contribution in [0.5, 0.6) is 0 Å². The van der Waals surface area contributed by atoms with Crippen LogP contribution in [-0.4, -0.2) is 4.98 Å². The van der Waals surface area contributed by atoms with Crippen LogP contribution in [-0.2, 0) is 12.0 Å². The second-order valence-corrected chi connectivity index (χ2v) is 6.94. The fraction of sp³-hybridized carbons (Fsp3) is 0.438. The molecule has 0 aliphatic heterocycles. The molecule has 0 saturated heterocycles. The second kappa shape index (κ2) is 5.33. The van der Waals surface area contributed by atoms with Crippen molar-refractivity contribution in [3.05, 3.63) is 45.4 Å². The van der Waals surface area contributed by atoms with Gasteiger partial charge in [0.05, 0.1) is 12.2 Å². The Hall–Kier alpha value is -1.35. The van der Waals surface area contributed by atoms with Crippen molar-refractivity contribution in [2.45, 2.75) is 46.6 Å². The zero-order valence-electron chi connectivity index (χ0n) is 12.4. The maximum absolute atomic E-state index is 4.71. The Kier molecular flexibility index (Phi) is 3.95. The molecule has 3 heteroatoms. The fourth-order valence-electron chi connectivity index (χ4n) is 1.99. The standard InChI is InChI=1S/C16H22N2S/c1-11-7-6-8-12(2)15(11)17-9-14-18-13(10-19-14)16(3,4)5/h6-8,10,17H,9H2,1-5H3. The molecule has 2 aromatic rings. The highest BCUT2D eigenvalue weighted by Crippen LogP contribution is 2.25. The van der Waals surface area contributed by atoms with Gasteiger partial charge in [0.1, 0.15) is 5.01 Å². The molecule has 0 radical (unpaired) electrons. The van der Waals surface area contributed by atoms with Gasteiger partial charge in [0.25, 0.3) is 0 Å². The van der Waals surface area contributed by atoms with Crippen LogP contribution in [0.15, 0.2) is 23.6 Å². The number of aromatic nitrogens is 1. The minimum atomic E-state index is 0.132. The van der Waals surface area contributed by atoms with Gasteiger partial charge in [-0.05, 0) is 25.0 Å². The number of para-hydroxylation sites is 1. The lowest BCUT2D eigenvalue weighted by Gasteiger charge is -2.14. The summed E-state index contributed by atoms with van der Waals surface area (Å²) in [5, 5.41) is 6.82. The first-order valence-corrected chi connectivity index (χ1v) is 7.51. The summed E-state index contributed by atoms with van der Waals surface area (Å²) in [4.78, 5) is 4.71. The predicted molar refractivity (Wildman–Crippen MR) is 84.1 cm³/mol. The molecular weight excluding hydrogens is 252 g/mol. The molecule has 1 heterocycles. The Labute approximate surface area is 119 Å². The van der Waals surface area contributed by atoms with Crippen LogP contribution in [0, 0.1) is 13.8 Å². The molecule has 0 aliphatic carbocycles. The molecule has 1 aromatic carbocycles. The first-order chi connectivity index (χ1) is 8.88. The van der Waals surface area contributed by atoms with E-state index in [1.165, 1.54) is 22.5 Å². The van der Waals surface area contributed by atoms with Crippen molar-refractivity contribution in [3.8, 4) is 0 Å². The molecule has 1 N–H and O–H groups in total. The largest absolute Gasteiger partial charge is 0.378 e. The molecule has 0 atom stereocenters. The van der Waals surface area contributed by atoms with Crippen molar-refractivity contribution in [2.24, 2.45) is 0 Å². The minimum absolute atomic E-state index is 0.132. The summed E-state index contributed by atoms with van der Waals surface area (Å²) in [6.45, 7) is 11.7. The number of benzene rings is 1. The highest BCUT2D eigenvalue weighted by molar-refractivity contribution is 7.09. The first kappa shape index (κ1) is 14.1. The Balaban J connectivity index is 2.09. The SMILES string of the molecule is Cc1cccc(C)c1NCc1nc(C(C)(C)C)cs1. The fourth-order valence-corrected chi connectivity index (χ4v) is 2.95. The van der Waals surface area contributed by atoms with Crippen LogP contribution in [0.2, 0.25) is 0 Å². The number of rotatable bonds is 3. The van der Waals surface area contributed by atoms with Crippen molar-refractivity contribution in [1.29, 1.82) is 0 Å². The van der Waals surface area contributed by atoms with Crippen molar-refractivity contribution in [1.82, 2.24) is 4.98 Å².